The summed E-state index contributed by atoms with van der Waals surface area (Å²) in [5.41, 5.74) is 1.66. The second kappa shape index (κ2) is 31.8. The van der Waals surface area contributed by atoms with Crippen LogP contribution in [0.1, 0.15) is 102 Å². The quantitative estimate of drug-likeness (QED) is 0.0297. The summed E-state index contributed by atoms with van der Waals surface area (Å²) < 4.78 is 52.7. The maximum Gasteiger partial charge on any atom is 0.330 e. The molecule has 418 valence electrons. The molecule has 0 radical (unpaired) electrons. The molecule has 0 amide bonds. The van der Waals surface area contributed by atoms with E-state index in [1.54, 1.807) is 62.4 Å². The zero-order valence-electron chi connectivity index (χ0n) is 43.9. The van der Waals surface area contributed by atoms with Crippen LogP contribution in [0.4, 0.5) is 0 Å². The van der Waals surface area contributed by atoms with Crippen LogP contribution in [0.2, 0.25) is 0 Å². The van der Waals surface area contributed by atoms with Crippen LogP contribution in [0.15, 0.2) is 98.1 Å². The zero-order valence-corrected chi connectivity index (χ0v) is 43.9. The van der Waals surface area contributed by atoms with Gasteiger partial charge in [0.1, 0.15) is 48.4 Å². The molecular weight excluding hydrogens is 1020 g/mol. The van der Waals surface area contributed by atoms with E-state index in [0.717, 1.165) is 23.3 Å². The van der Waals surface area contributed by atoms with Gasteiger partial charge in [-0.3, -0.25) is 38.4 Å². The van der Waals surface area contributed by atoms with Crippen LogP contribution in [-0.4, -0.2) is 98.3 Å². The van der Waals surface area contributed by atoms with E-state index in [1.807, 2.05) is 0 Å². The fraction of sp³-hybridized carbons (Fsp3) is 0.448. The Bertz CT molecular complexity index is 2550. The smallest absolute Gasteiger partial charge is 0.330 e. The van der Waals surface area contributed by atoms with Crippen molar-refractivity contribution in [2.24, 2.45) is 23.7 Å². The topological polar surface area (TPSA) is 263 Å². The maximum atomic E-state index is 13.1. The molecular formula is C58H66O20. The molecule has 2 atom stereocenters. The van der Waals surface area contributed by atoms with Gasteiger partial charge < -0.3 is 47.4 Å². The standard InChI is InChI=1S/C58H66O20/c1-5-49(59)71-35-38(4)74-54(64)30-29-52(62)70-34-32-40-9-21-46(22-10-40)76-56(66)42-13-17-44(18-14-42)58(68)78-48-25-23-47(24-26-48)77-57(67)43-15-11-41(12-16-43)55(65)75-45-19-7-39(8-20-45)31-33-69-51(61)27-28-53(63)72-36-37(3)73-50(60)6-2/h5-10,19-26,37-38,41-44H,1-2,11-18,27-36H2,3-4H3. The predicted molar refractivity (Wildman–Crippen MR) is 274 cm³/mol. The molecule has 2 fully saturated rings. The first-order chi connectivity index (χ1) is 37.5. The van der Waals surface area contributed by atoms with Crippen LogP contribution in [-0.2, 0) is 89.2 Å². The number of carbonyl (C=O) groups excluding carboxylic acids is 10. The van der Waals surface area contributed by atoms with Crippen molar-refractivity contribution < 1.29 is 95.3 Å². The van der Waals surface area contributed by atoms with Gasteiger partial charge in [-0.1, -0.05) is 37.4 Å². The lowest BCUT2D eigenvalue weighted by Gasteiger charge is -2.26. The molecule has 2 saturated carbocycles. The number of hydrogen-bond donors (Lipinski definition) is 0. The fourth-order valence-electron chi connectivity index (χ4n) is 8.21. The summed E-state index contributed by atoms with van der Waals surface area (Å²) in [6, 6.07) is 19.7. The van der Waals surface area contributed by atoms with Gasteiger partial charge in [-0.15, -0.1) is 0 Å². The van der Waals surface area contributed by atoms with Gasteiger partial charge in [-0.2, -0.15) is 0 Å². The van der Waals surface area contributed by atoms with E-state index < -0.39 is 95.6 Å². The predicted octanol–water partition coefficient (Wildman–Crippen LogP) is 7.38. The Morgan fingerprint density at radius 1 is 0.410 bits per heavy atom. The Labute approximate surface area is 452 Å². The molecule has 2 unspecified atom stereocenters. The normalized spacial score (nSPS) is 17.5. The van der Waals surface area contributed by atoms with Gasteiger partial charge in [-0.05, 0) is 125 Å². The van der Waals surface area contributed by atoms with E-state index in [1.165, 1.54) is 24.3 Å². The van der Waals surface area contributed by atoms with E-state index in [9.17, 15) is 47.9 Å². The summed E-state index contributed by atoms with van der Waals surface area (Å²) in [7, 11) is 0. The molecule has 0 aliphatic heterocycles. The lowest BCUT2D eigenvalue weighted by molar-refractivity contribution is -0.157. The summed E-state index contributed by atoms with van der Waals surface area (Å²) in [5.74, 6) is -5.68. The highest BCUT2D eigenvalue weighted by Gasteiger charge is 2.34. The third-order valence-corrected chi connectivity index (χ3v) is 12.6. The first-order valence-corrected chi connectivity index (χ1v) is 25.9. The number of rotatable bonds is 28. The van der Waals surface area contributed by atoms with Crippen molar-refractivity contribution in [1.29, 1.82) is 0 Å². The lowest BCUT2D eigenvalue weighted by atomic mass is 9.82. The molecule has 20 nitrogen and oxygen atoms in total. The highest BCUT2D eigenvalue weighted by Crippen LogP contribution is 2.34. The van der Waals surface area contributed by atoms with Gasteiger partial charge in [0.15, 0.2) is 0 Å². The van der Waals surface area contributed by atoms with Crippen molar-refractivity contribution in [2.75, 3.05) is 26.4 Å². The summed E-state index contributed by atoms with van der Waals surface area (Å²) in [6.07, 6.45) is 4.20. The number of esters is 10. The molecule has 0 heterocycles. The van der Waals surface area contributed by atoms with Crippen LogP contribution < -0.4 is 18.9 Å². The molecule has 0 aromatic heterocycles. The van der Waals surface area contributed by atoms with Gasteiger partial charge in [0.05, 0.1) is 62.6 Å². The number of ether oxygens (including phenoxy) is 10. The third-order valence-electron chi connectivity index (χ3n) is 12.6. The molecule has 3 aromatic carbocycles. The minimum Gasteiger partial charge on any atom is -0.465 e. The SMILES string of the molecule is C=CC(=O)OCC(C)OC(=O)CCC(=O)OCCc1ccc(OC(=O)C2CCC(C(=O)Oc3ccc(OC(=O)C4CCC(C(=O)Oc5ccc(CCOC(=O)CCC(=O)OCC(C)OC(=O)C=C)cc5)CC4)cc3)CC2)cc1. The van der Waals surface area contributed by atoms with Crippen LogP contribution in [0.5, 0.6) is 23.0 Å². The second-order valence-electron chi connectivity index (χ2n) is 18.8. The molecule has 2 aliphatic carbocycles. The summed E-state index contributed by atoms with van der Waals surface area (Å²) >= 11 is 0. The van der Waals surface area contributed by atoms with Crippen molar-refractivity contribution in [3.63, 3.8) is 0 Å². The van der Waals surface area contributed by atoms with Crippen molar-refractivity contribution in [3.8, 4) is 23.0 Å². The first-order valence-electron chi connectivity index (χ1n) is 25.9. The molecule has 0 bridgehead atoms. The van der Waals surface area contributed by atoms with Crippen molar-refractivity contribution in [1.82, 2.24) is 0 Å². The zero-order chi connectivity index (χ0) is 56.4. The van der Waals surface area contributed by atoms with Crippen LogP contribution in [0.25, 0.3) is 0 Å². The van der Waals surface area contributed by atoms with E-state index in [2.05, 4.69) is 13.2 Å². The Kier molecular flexibility index (Phi) is 24.7. The van der Waals surface area contributed by atoms with Crippen molar-refractivity contribution >= 4 is 59.7 Å². The van der Waals surface area contributed by atoms with Gasteiger partial charge >= 0.3 is 59.7 Å². The van der Waals surface area contributed by atoms with Crippen LogP contribution >= 0.6 is 0 Å². The number of benzene rings is 3. The monoisotopic (exact) mass is 1080 g/mol. The Balaban J connectivity index is 0.903. The molecule has 0 saturated heterocycles. The van der Waals surface area contributed by atoms with E-state index in [4.69, 9.17) is 47.4 Å². The minimum absolute atomic E-state index is 0.0736. The highest BCUT2D eigenvalue weighted by atomic mass is 16.6. The molecule has 20 heteroatoms. The van der Waals surface area contributed by atoms with E-state index in [-0.39, 0.29) is 63.6 Å². The van der Waals surface area contributed by atoms with Crippen LogP contribution in [0, 0.1) is 23.7 Å². The van der Waals surface area contributed by atoms with Crippen molar-refractivity contribution in [3.05, 3.63) is 109 Å². The second-order valence-corrected chi connectivity index (χ2v) is 18.8. The van der Waals surface area contributed by atoms with Gasteiger partial charge in [0.25, 0.3) is 0 Å². The van der Waals surface area contributed by atoms with Crippen LogP contribution in [0.3, 0.4) is 0 Å². The molecule has 2 aliphatic rings. The van der Waals surface area contributed by atoms with Gasteiger partial charge in [-0.25, -0.2) is 9.59 Å². The summed E-state index contributed by atoms with van der Waals surface area (Å²) in [4.78, 5) is 122. The molecule has 3 aromatic rings. The van der Waals surface area contributed by atoms with Crippen molar-refractivity contribution in [2.45, 2.75) is 116 Å². The summed E-state index contributed by atoms with van der Waals surface area (Å²) in [5, 5.41) is 0. The summed E-state index contributed by atoms with van der Waals surface area (Å²) in [6.45, 7) is 9.54. The maximum absolute atomic E-state index is 13.1. The molecule has 0 spiro atoms. The average molecular weight is 1080 g/mol. The minimum atomic E-state index is -0.683. The molecule has 78 heavy (non-hydrogen) atoms. The Morgan fingerprint density at radius 3 is 1.05 bits per heavy atom. The van der Waals surface area contributed by atoms with E-state index in [0.29, 0.717) is 75.7 Å². The number of carbonyl (C=O) groups is 10. The van der Waals surface area contributed by atoms with Gasteiger partial charge in [0, 0.05) is 25.0 Å². The number of hydrogen-bond acceptors (Lipinski definition) is 20. The average Bonchev–Trinajstić information content (AvgIpc) is 3.45. The highest BCUT2D eigenvalue weighted by molar-refractivity contribution is 5.82. The third kappa shape index (κ3) is 21.8. The molecule has 5 rings (SSSR count). The van der Waals surface area contributed by atoms with Gasteiger partial charge in [0.2, 0.25) is 0 Å². The Morgan fingerprint density at radius 2 is 0.705 bits per heavy atom. The largest absolute Gasteiger partial charge is 0.465 e. The first kappa shape index (κ1) is 60.7. The fourth-order valence-corrected chi connectivity index (χ4v) is 8.21. The molecule has 0 N–H and O–H groups in total. The lowest BCUT2D eigenvalue weighted by Crippen LogP contribution is -2.30. The van der Waals surface area contributed by atoms with E-state index >= 15 is 0 Å². The Hall–Kier alpha value is -8.16.